The van der Waals surface area contributed by atoms with E-state index in [4.69, 9.17) is 4.74 Å². The van der Waals surface area contributed by atoms with Crippen LogP contribution in [0, 0.1) is 23.7 Å². The highest BCUT2D eigenvalue weighted by Gasteiger charge is 2.51. The van der Waals surface area contributed by atoms with E-state index in [1.165, 1.54) is 12.8 Å². The molecule has 0 heterocycles. The zero-order chi connectivity index (χ0) is 12.3. The molecule has 0 radical (unpaired) electrons. The van der Waals surface area contributed by atoms with Gasteiger partial charge in [-0.05, 0) is 37.0 Å². The summed E-state index contributed by atoms with van der Waals surface area (Å²) in [5.41, 5.74) is -0.216. The van der Waals surface area contributed by atoms with Crippen molar-refractivity contribution in [3.63, 3.8) is 0 Å². The zero-order valence-electron chi connectivity index (χ0n) is 11.3. The highest BCUT2D eigenvalue weighted by atomic mass is 16.5. The predicted octanol–water partition coefficient (Wildman–Crippen LogP) is 3.30. The number of ether oxygens (including phenoxy) is 1. The molecule has 1 fully saturated rings. The van der Waals surface area contributed by atoms with E-state index in [9.17, 15) is 4.79 Å². The van der Waals surface area contributed by atoms with Gasteiger partial charge in [-0.15, -0.1) is 0 Å². The van der Waals surface area contributed by atoms with Crippen molar-refractivity contribution in [1.82, 2.24) is 0 Å². The summed E-state index contributed by atoms with van der Waals surface area (Å²) >= 11 is 0. The van der Waals surface area contributed by atoms with Gasteiger partial charge in [-0.3, -0.25) is 0 Å². The Balaban J connectivity index is 2.95. The van der Waals surface area contributed by atoms with E-state index in [0.717, 1.165) is 12.7 Å². The van der Waals surface area contributed by atoms with Crippen LogP contribution in [0.4, 0.5) is 0 Å². The van der Waals surface area contributed by atoms with E-state index < -0.39 is 0 Å². The molecule has 0 aliphatic heterocycles. The molecule has 3 atom stereocenters. The maximum Gasteiger partial charge on any atom is 0.125 e. The molecule has 1 saturated carbocycles. The van der Waals surface area contributed by atoms with Crippen LogP contribution in [0.1, 0.15) is 47.0 Å². The van der Waals surface area contributed by atoms with Crippen LogP contribution in [0.3, 0.4) is 0 Å². The van der Waals surface area contributed by atoms with Crippen molar-refractivity contribution in [1.29, 1.82) is 0 Å². The highest BCUT2D eigenvalue weighted by Crippen LogP contribution is 2.48. The largest absolute Gasteiger partial charge is 0.377 e. The van der Waals surface area contributed by atoms with Crippen LogP contribution in [-0.4, -0.2) is 19.0 Å². The van der Waals surface area contributed by atoms with Gasteiger partial charge < -0.3 is 9.53 Å². The Kier molecular flexibility index (Phi) is 4.54. The van der Waals surface area contributed by atoms with Crippen molar-refractivity contribution in [3.05, 3.63) is 0 Å². The van der Waals surface area contributed by atoms with E-state index in [1.807, 2.05) is 0 Å². The first-order chi connectivity index (χ1) is 7.48. The summed E-state index contributed by atoms with van der Waals surface area (Å²) in [4.78, 5) is 11.4. The molecule has 1 rings (SSSR count). The van der Waals surface area contributed by atoms with Crippen molar-refractivity contribution >= 4 is 6.29 Å². The number of carbonyl (C=O) groups excluding carboxylic acids is 1. The lowest BCUT2D eigenvalue weighted by Gasteiger charge is -2.41. The summed E-state index contributed by atoms with van der Waals surface area (Å²) in [5.74, 6) is 1.56. The van der Waals surface area contributed by atoms with Crippen molar-refractivity contribution in [3.8, 4) is 0 Å². The molecule has 1 aliphatic rings. The maximum absolute atomic E-state index is 11.4. The van der Waals surface area contributed by atoms with Crippen LogP contribution in [0.5, 0.6) is 0 Å². The molecule has 1 aliphatic carbocycles. The molecule has 0 aromatic rings. The molecule has 0 aromatic heterocycles. The Hall–Kier alpha value is -0.370. The van der Waals surface area contributed by atoms with Crippen molar-refractivity contribution in [2.75, 3.05) is 7.11 Å². The minimum atomic E-state index is -0.216. The SMILES string of the molecule is COC1(C(C=O)CC(C)C)C(C)CCC1C. The highest BCUT2D eigenvalue weighted by molar-refractivity contribution is 5.56. The fourth-order valence-corrected chi connectivity index (χ4v) is 3.58. The molecule has 16 heavy (non-hydrogen) atoms. The third kappa shape index (κ3) is 2.17. The average Bonchev–Trinajstić information content (AvgIpc) is 2.52. The van der Waals surface area contributed by atoms with Crippen molar-refractivity contribution in [2.45, 2.75) is 52.6 Å². The summed E-state index contributed by atoms with van der Waals surface area (Å²) in [6.45, 7) is 8.79. The molecule has 3 unspecified atom stereocenters. The zero-order valence-corrected chi connectivity index (χ0v) is 11.3. The summed E-state index contributed by atoms with van der Waals surface area (Å²) in [5, 5.41) is 0. The van der Waals surface area contributed by atoms with Crippen LogP contribution >= 0.6 is 0 Å². The molecule has 2 heteroatoms. The summed E-state index contributed by atoms with van der Waals surface area (Å²) in [7, 11) is 1.77. The molecule has 0 spiro atoms. The second-order valence-electron chi connectivity index (χ2n) is 5.81. The molecular formula is C14H26O2. The summed E-state index contributed by atoms with van der Waals surface area (Å²) in [6.07, 6.45) is 4.42. The first-order valence-electron chi connectivity index (χ1n) is 6.49. The van der Waals surface area contributed by atoms with E-state index in [0.29, 0.717) is 17.8 Å². The molecule has 0 amide bonds. The van der Waals surface area contributed by atoms with Gasteiger partial charge in [-0.1, -0.05) is 27.7 Å². The number of hydrogen-bond acceptors (Lipinski definition) is 2. The Labute approximate surface area is 99.8 Å². The molecule has 2 nitrogen and oxygen atoms in total. The quantitative estimate of drug-likeness (QED) is 0.672. The summed E-state index contributed by atoms with van der Waals surface area (Å²) < 4.78 is 5.85. The standard InChI is InChI=1S/C14H26O2/c1-10(2)8-13(9-15)14(16-5)11(3)6-7-12(14)4/h9-13H,6-8H2,1-5H3. The Morgan fingerprint density at radius 3 is 2.12 bits per heavy atom. The van der Waals surface area contributed by atoms with Crippen LogP contribution in [-0.2, 0) is 9.53 Å². The fourth-order valence-electron chi connectivity index (χ4n) is 3.58. The van der Waals surface area contributed by atoms with Crippen molar-refractivity contribution < 1.29 is 9.53 Å². The van der Waals surface area contributed by atoms with E-state index >= 15 is 0 Å². The van der Waals surface area contributed by atoms with E-state index in [1.54, 1.807) is 7.11 Å². The Bertz CT molecular complexity index is 225. The van der Waals surface area contributed by atoms with Crippen LogP contribution in [0.25, 0.3) is 0 Å². The topological polar surface area (TPSA) is 26.3 Å². The van der Waals surface area contributed by atoms with Gasteiger partial charge in [0.2, 0.25) is 0 Å². The molecule has 0 bridgehead atoms. The number of rotatable bonds is 5. The minimum Gasteiger partial charge on any atom is -0.377 e. The van der Waals surface area contributed by atoms with Gasteiger partial charge in [0, 0.05) is 13.0 Å². The molecule has 0 aromatic carbocycles. The average molecular weight is 226 g/mol. The number of methoxy groups -OCH3 is 1. The maximum atomic E-state index is 11.4. The van der Waals surface area contributed by atoms with Crippen LogP contribution < -0.4 is 0 Å². The van der Waals surface area contributed by atoms with Gasteiger partial charge in [0.05, 0.1) is 5.60 Å². The fraction of sp³-hybridized carbons (Fsp3) is 0.929. The van der Waals surface area contributed by atoms with Gasteiger partial charge >= 0.3 is 0 Å². The normalized spacial score (nSPS) is 36.6. The second kappa shape index (κ2) is 5.31. The van der Waals surface area contributed by atoms with Gasteiger partial charge in [-0.25, -0.2) is 0 Å². The number of carbonyl (C=O) groups is 1. The van der Waals surface area contributed by atoms with Crippen LogP contribution in [0.15, 0.2) is 0 Å². The predicted molar refractivity (Wildman–Crippen MR) is 66.3 cm³/mol. The number of aldehydes is 1. The third-order valence-electron chi connectivity index (χ3n) is 4.40. The molecular weight excluding hydrogens is 200 g/mol. The lowest BCUT2D eigenvalue weighted by Crippen LogP contribution is -2.48. The Morgan fingerprint density at radius 2 is 1.81 bits per heavy atom. The molecule has 0 saturated heterocycles. The van der Waals surface area contributed by atoms with Gasteiger partial charge in [-0.2, -0.15) is 0 Å². The minimum absolute atomic E-state index is 0.0463. The van der Waals surface area contributed by atoms with Gasteiger partial charge in [0.25, 0.3) is 0 Å². The molecule has 94 valence electrons. The first-order valence-corrected chi connectivity index (χ1v) is 6.49. The summed E-state index contributed by atoms with van der Waals surface area (Å²) in [6, 6.07) is 0. The van der Waals surface area contributed by atoms with Gasteiger partial charge in [0.15, 0.2) is 0 Å². The van der Waals surface area contributed by atoms with Crippen LogP contribution in [0.2, 0.25) is 0 Å². The van der Waals surface area contributed by atoms with E-state index in [-0.39, 0.29) is 11.5 Å². The smallest absolute Gasteiger partial charge is 0.125 e. The second-order valence-corrected chi connectivity index (χ2v) is 5.81. The van der Waals surface area contributed by atoms with Gasteiger partial charge in [0.1, 0.15) is 6.29 Å². The van der Waals surface area contributed by atoms with E-state index in [2.05, 4.69) is 27.7 Å². The third-order valence-corrected chi connectivity index (χ3v) is 4.40. The lowest BCUT2D eigenvalue weighted by molar-refractivity contribution is -0.138. The Morgan fingerprint density at radius 1 is 1.31 bits per heavy atom. The number of hydrogen-bond donors (Lipinski definition) is 0. The monoisotopic (exact) mass is 226 g/mol. The molecule has 0 N–H and O–H groups in total. The lowest BCUT2D eigenvalue weighted by atomic mass is 9.72. The van der Waals surface area contributed by atoms with Crippen molar-refractivity contribution in [2.24, 2.45) is 23.7 Å². The first kappa shape index (κ1) is 13.7.